The van der Waals surface area contributed by atoms with Gasteiger partial charge < -0.3 is 9.47 Å². The Hall–Kier alpha value is -3.46. The topological polar surface area (TPSA) is 115 Å². The van der Waals surface area contributed by atoms with Gasteiger partial charge in [-0.3, -0.25) is 0 Å². The van der Waals surface area contributed by atoms with Gasteiger partial charge in [0.15, 0.2) is 17.9 Å². The Bertz CT molecular complexity index is 1320. The molecule has 3 aromatic carbocycles. The first-order chi connectivity index (χ1) is 17.8. The van der Waals surface area contributed by atoms with Gasteiger partial charge in [0.1, 0.15) is 11.5 Å². The van der Waals surface area contributed by atoms with Crippen LogP contribution >= 0.6 is 0 Å². The van der Waals surface area contributed by atoms with E-state index in [9.17, 15) is 0 Å². The number of methoxy groups -OCH3 is 2. The smallest absolute Gasteiger partial charge is 0.190 e. The fourth-order valence-electron chi connectivity index (χ4n) is 6.07. The van der Waals surface area contributed by atoms with Gasteiger partial charge in [0.05, 0.1) is 20.1 Å². The van der Waals surface area contributed by atoms with Crippen molar-refractivity contribution in [2.75, 3.05) is 14.2 Å². The number of pyridine rings is 1. The fraction of sp³-hybridized carbons (Fsp3) is 0.207. The third kappa shape index (κ3) is 4.56. The van der Waals surface area contributed by atoms with Crippen molar-refractivity contribution in [1.29, 1.82) is 0 Å². The largest absolute Gasteiger partial charge is 0.497 e. The van der Waals surface area contributed by atoms with Crippen LogP contribution in [0.4, 0.5) is 0 Å². The number of aromatic nitrogens is 1. The molecule has 190 valence electrons. The van der Waals surface area contributed by atoms with Crippen LogP contribution in [0.3, 0.4) is 0 Å². The van der Waals surface area contributed by atoms with Crippen LogP contribution in [0.5, 0.6) is 11.5 Å². The van der Waals surface area contributed by atoms with Gasteiger partial charge >= 0.3 is 0 Å². The average molecular weight is 520 g/mol. The van der Waals surface area contributed by atoms with E-state index in [2.05, 4.69) is 89.6 Å². The highest BCUT2D eigenvalue weighted by molar-refractivity contribution is 5.56. The molecule has 0 spiro atoms. The van der Waals surface area contributed by atoms with E-state index in [1.54, 1.807) is 14.2 Å². The standard InChI is InChI=1S/C29H26NO2.ClHO4/c1-31-22-11-7-9-20(17-22)29(21-10-8-12-23(18-21)32-2)19-27-24-13-3-4-14-25(24)28(29)26-15-5-6-16-30(26)27;2-1(3,4)5/h3-18,27-28H,19H2,1-2H3;(H,2,3,4,5)/q+1;/p-1. The fourth-order valence-corrected chi connectivity index (χ4v) is 6.07. The van der Waals surface area contributed by atoms with Crippen LogP contribution in [0.1, 0.15) is 46.3 Å². The predicted molar refractivity (Wildman–Crippen MR) is 124 cm³/mol. The Morgan fingerprint density at radius 2 is 1.27 bits per heavy atom. The number of benzene rings is 3. The van der Waals surface area contributed by atoms with E-state index in [1.165, 1.54) is 27.9 Å². The van der Waals surface area contributed by atoms with Crippen molar-refractivity contribution in [3.63, 3.8) is 0 Å². The predicted octanol–water partition coefficient (Wildman–Crippen LogP) is 0.660. The summed E-state index contributed by atoms with van der Waals surface area (Å²) in [6.45, 7) is 0. The summed E-state index contributed by atoms with van der Waals surface area (Å²) in [5.74, 6) is 1.96. The Balaban J connectivity index is 0.000000514. The van der Waals surface area contributed by atoms with Crippen LogP contribution in [-0.4, -0.2) is 14.2 Å². The minimum absolute atomic E-state index is 0.184. The van der Waals surface area contributed by atoms with Crippen LogP contribution in [-0.2, 0) is 5.41 Å². The molecule has 8 heteroatoms. The molecule has 0 N–H and O–H groups in total. The summed E-state index contributed by atoms with van der Waals surface area (Å²) in [6.07, 6.45) is 3.22. The van der Waals surface area contributed by atoms with Crippen LogP contribution in [0.2, 0.25) is 0 Å². The summed E-state index contributed by atoms with van der Waals surface area (Å²) in [6, 6.07) is 33.1. The molecule has 0 saturated carbocycles. The maximum atomic E-state index is 8.49. The first-order valence-electron chi connectivity index (χ1n) is 11.8. The monoisotopic (exact) mass is 519 g/mol. The van der Waals surface area contributed by atoms with Gasteiger partial charge in [-0.2, -0.15) is 4.57 Å². The number of rotatable bonds is 4. The number of nitrogens with zero attached hydrogens (tertiary/aromatic N) is 1. The first-order valence-corrected chi connectivity index (χ1v) is 13.0. The molecule has 0 fully saturated rings. The second-order valence-electron chi connectivity index (χ2n) is 9.13. The zero-order valence-electron chi connectivity index (χ0n) is 20.4. The second kappa shape index (κ2) is 9.78. The molecule has 0 amide bonds. The average Bonchev–Trinajstić information content (AvgIpc) is 2.92. The van der Waals surface area contributed by atoms with Crippen molar-refractivity contribution in [2.24, 2.45) is 0 Å². The molecule has 0 radical (unpaired) electrons. The quantitative estimate of drug-likeness (QED) is 0.366. The molecule has 7 rings (SSSR count). The minimum Gasteiger partial charge on any atom is -0.497 e. The van der Waals surface area contributed by atoms with Crippen LogP contribution in [0.15, 0.2) is 97.2 Å². The highest BCUT2D eigenvalue weighted by Crippen LogP contribution is 2.59. The van der Waals surface area contributed by atoms with Gasteiger partial charge in [-0.1, -0.05) is 54.6 Å². The molecule has 2 unspecified atom stereocenters. The van der Waals surface area contributed by atoms with E-state index in [-0.39, 0.29) is 17.4 Å². The normalized spacial score (nSPS) is 18.6. The lowest BCUT2D eigenvalue weighted by Gasteiger charge is -2.50. The number of fused-ring (bicyclic) bond motifs is 1. The maximum Gasteiger partial charge on any atom is 0.190 e. The molecule has 2 atom stereocenters. The van der Waals surface area contributed by atoms with Crippen molar-refractivity contribution >= 4 is 0 Å². The lowest BCUT2D eigenvalue weighted by atomic mass is 9.53. The summed E-state index contributed by atoms with van der Waals surface area (Å²) in [7, 11) is -1.46. The zero-order valence-corrected chi connectivity index (χ0v) is 21.1. The third-order valence-corrected chi connectivity index (χ3v) is 7.40. The number of halogens is 1. The minimum atomic E-state index is -4.94. The third-order valence-electron chi connectivity index (χ3n) is 7.40. The van der Waals surface area contributed by atoms with Crippen LogP contribution < -0.4 is 32.7 Å². The van der Waals surface area contributed by atoms with E-state index in [1.807, 2.05) is 12.1 Å². The Kier molecular flexibility index (Phi) is 6.66. The molecule has 0 saturated heterocycles. The second-order valence-corrected chi connectivity index (χ2v) is 9.88. The molecule has 2 bridgehead atoms. The highest BCUT2D eigenvalue weighted by Gasteiger charge is 2.59. The Labute approximate surface area is 217 Å². The first kappa shape index (κ1) is 25.2. The van der Waals surface area contributed by atoms with Crippen molar-refractivity contribution in [3.05, 3.63) is 125 Å². The molecule has 3 heterocycles. The van der Waals surface area contributed by atoms with Crippen LogP contribution in [0.25, 0.3) is 0 Å². The summed E-state index contributed by atoms with van der Waals surface area (Å²) in [4.78, 5) is 0. The van der Waals surface area contributed by atoms with Crippen molar-refractivity contribution in [3.8, 4) is 11.5 Å². The molecular weight excluding hydrogens is 494 g/mol. The van der Waals surface area contributed by atoms with Gasteiger partial charge in [0.25, 0.3) is 0 Å². The van der Waals surface area contributed by atoms with E-state index < -0.39 is 10.2 Å². The number of hydrogen-bond donors (Lipinski definition) is 0. The van der Waals surface area contributed by atoms with Crippen molar-refractivity contribution in [1.82, 2.24) is 0 Å². The SMILES string of the molecule is COc1cccc(C2(c3cccc(OC)c3)CC3c4ccccc4C2c2cccc[n+]23)c1.[O-][Cl+3]([O-])([O-])[O-]. The van der Waals surface area contributed by atoms with Crippen molar-refractivity contribution in [2.45, 2.75) is 23.8 Å². The summed E-state index contributed by atoms with van der Waals surface area (Å²) in [5.41, 5.74) is 6.54. The molecular formula is C29H26ClNO6. The maximum absolute atomic E-state index is 8.49. The van der Waals surface area contributed by atoms with Crippen molar-refractivity contribution < 1.29 is 42.9 Å². The van der Waals surface area contributed by atoms with E-state index >= 15 is 0 Å². The summed E-state index contributed by atoms with van der Waals surface area (Å²) >= 11 is 0. The number of hydrogen-bond acceptors (Lipinski definition) is 6. The van der Waals surface area contributed by atoms with Gasteiger partial charge in [0.2, 0.25) is 0 Å². The number of ether oxygens (including phenoxy) is 2. The highest BCUT2D eigenvalue weighted by atomic mass is 35.7. The molecule has 7 nitrogen and oxygen atoms in total. The summed E-state index contributed by atoms with van der Waals surface area (Å²) < 4.78 is 47.8. The van der Waals surface area contributed by atoms with Gasteiger partial charge in [-0.25, -0.2) is 18.6 Å². The van der Waals surface area contributed by atoms with Crippen LogP contribution in [0, 0.1) is 10.2 Å². The van der Waals surface area contributed by atoms with E-state index in [4.69, 9.17) is 28.1 Å². The Morgan fingerprint density at radius 3 is 1.84 bits per heavy atom. The lowest BCUT2D eigenvalue weighted by Crippen LogP contribution is -2.68. The van der Waals surface area contributed by atoms with E-state index in [0.29, 0.717) is 0 Å². The van der Waals surface area contributed by atoms with Gasteiger partial charge in [0, 0.05) is 29.5 Å². The van der Waals surface area contributed by atoms with E-state index in [0.717, 1.165) is 17.9 Å². The molecule has 1 aromatic heterocycles. The molecule has 37 heavy (non-hydrogen) atoms. The molecule has 3 aliphatic rings. The molecule has 1 aliphatic carbocycles. The molecule has 4 aromatic rings. The zero-order chi connectivity index (χ0) is 26.2. The van der Waals surface area contributed by atoms with Gasteiger partial charge in [-0.15, -0.1) is 10.2 Å². The Morgan fingerprint density at radius 1 is 0.730 bits per heavy atom. The van der Waals surface area contributed by atoms with Gasteiger partial charge in [-0.05, 0) is 41.0 Å². The molecule has 2 aliphatic heterocycles. The summed E-state index contributed by atoms with van der Waals surface area (Å²) in [5, 5.41) is 0. The lowest BCUT2D eigenvalue weighted by molar-refractivity contribution is -2.00.